The number of rotatable bonds is 8. The minimum atomic E-state index is -1.05. The fourth-order valence-corrected chi connectivity index (χ4v) is 7.60. The molecule has 0 aromatic heterocycles. The Bertz CT molecular complexity index is 1840. The molecule has 4 aromatic carbocycles. The summed E-state index contributed by atoms with van der Waals surface area (Å²) >= 11 is 0. The first kappa shape index (κ1) is 30.0. The highest BCUT2D eigenvalue weighted by atomic mass is 16.5. The molecule has 8 heteroatoms. The number of hydrogen-bond donors (Lipinski definition) is 2. The van der Waals surface area contributed by atoms with Gasteiger partial charge in [-0.15, -0.1) is 0 Å². The smallest absolute Gasteiger partial charge is 0.455 e. The summed E-state index contributed by atoms with van der Waals surface area (Å²) in [5, 5.41) is 23.2. The minimum absolute atomic E-state index is 0.167. The first-order valence-corrected chi connectivity index (χ1v) is 15.9. The van der Waals surface area contributed by atoms with Gasteiger partial charge in [0.2, 0.25) is 11.8 Å². The third-order valence-electron chi connectivity index (χ3n) is 9.77. The van der Waals surface area contributed by atoms with Gasteiger partial charge in [-0.2, -0.15) is 0 Å². The van der Waals surface area contributed by atoms with Gasteiger partial charge in [0.25, 0.3) is 0 Å². The molecule has 4 atom stereocenters. The number of ether oxygens (including phenoxy) is 1. The van der Waals surface area contributed by atoms with Crippen LogP contribution in [0.2, 0.25) is 6.32 Å². The number of nitrogens with zero attached hydrogens (tertiary/aromatic N) is 1. The number of benzene rings is 4. The Hall–Kier alpha value is -4.66. The van der Waals surface area contributed by atoms with Crippen molar-refractivity contribution in [1.29, 1.82) is 0 Å². The summed E-state index contributed by atoms with van der Waals surface area (Å²) in [6.45, 7) is 0.279. The van der Waals surface area contributed by atoms with Crippen LogP contribution in [0.3, 0.4) is 0 Å². The number of allylic oxidation sites excluding steroid dienone is 1. The fraction of sp³-hybridized carbons (Fsp3) is 0.263. The number of hydrogen-bond acceptors (Lipinski definition) is 6. The van der Waals surface area contributed by atoms with E-state index in [0.717, 1.165) is 44.4 Å². The molecule has 46 heavy (non-hydrogen) atoms. The van der Waals surface area contributed by atoms with Crippen LogP contribution < -0.4 is 4.74 Å². The molecular formula is C38H36BNO6. The first-order valence-electron chi connectivity index (χ1n) is 15.9. The van der Waals surface area contributed by atoms with Gasteiger partial charge >= 0.3 is 7.12 Å². The molecule has 2 aliphatic heterocycles. The SMILES string of the molecule is CN1C(=O)[C@@H]2[C@@H](CC(COc3ccccc3)=C3[C@@H](CC/C(=C/c4ccc(O)c5ccccc45)c4ccccc4)OB(O)C[C@@H]32)C1=O. The minimum Gasteiger partial charge on any atom is -0.507 e. The predicted molar refractivity (Wildman–Crippen MR) is 179 cm³/mol. The summed E-state index contributed by atoms with van der Waals surface area (Å²) in [6, 6.07) is 31.2. The molecule has 2 amide bonds. The van der Waals surface area contributed by atoms with Crippen molar-refractivity contribution in [3.8, 4) is 11.5 Å². The van der Waals surface area contributed by atoms with Crippen LogP contribution in [0.25, 0.3) is 22.4 Å². The van der Waals surface area contributed by atoms with Crippen LogP contribution in [0.5, 0.6) is 11.5 Å². The highest BCUT2D eigenvalue weighted by Gasteiger charge is 2.56. The van der Waals surface area contributed by atoms with Crippen molar-refractivity contribution in [3.05, 3.63) is 119 Å². The quantitative estimate of drug-likeness (QED) is 0.104. The van der Waals surface area contributed by atoms with E-state index in [0.29, 0.717) is 19.3 Å². The molecule has 0 unspecified atom stereocenters. The Morgan fingerprint density at radius 1 is 0.913 bits per heavy atom. The second kappa shape index (κ2) is 12.6. The lowest BCUT2D eigenvalue weighted by Gasteiger charge is -2.43. The highest BCUT2D eigenvalue weighted by Crippen LogP contribution is 2.50. The van der Waals surface area contributed by atoms with Crippen molar-refractivity contribution in [2.75, 3.05) is 13.7 Å². The Kier molecular flexibility index (Phi) is 8.24. The topological polar surface area (TPSA) is 96.3 Å². The maximum Gasteiger partial charge on any atom is 0.455 e. The van der Waals surface area contributed by atoms with Crippen LogP contribution in [-0.4, -0.2) is 53.7 Å². The van der Waals surface area contributed by atoms with Crippen LogP contribution in [0.1, 0.15) is 30.4 Å². The summed E-state index contributed by atoms with van der Waals surface area (Å²) < 4.78 is 12.5. The molecular weight excluding hydrogens is 577 g/mol. The van der Waals surface area contributed by atoms with Gasteiger partial charge in [0.1, 0.15) is 18.1 Å². The molecule has 0 bridgehead atoms. The van der Waals surface area contributed by atoms with Crippen molar-refractivity contribution >= 4 is 41.4 Å². The average molecular weight is 614 g/mol. The third kappa shape index (κ3) is 5.63. The number of fused-ring (bicyclic) bond motifs is 4. The molecule has 0 spiro atoms. The predicted octanol–water partition coefficient (Wildman–Crippen LogP) is 6.37. The Morgan fingerprint density at radius 2 is 1.61 bits per heavy atom. The molecule has 3 aliphatic rings. The zero-order valence-corrected chi connectivity index (χ0v) is 25.7. The number of aromatic hydroxyl groups is 1. The van der Waals surface area contributed by atoms with Crippen LogP contribution >= 0.6 is 0 Å². The maximum absolute atomic E-state index is 13.4. The van der Waals surface area contributed by atoms with Crippen molar-refractivity contribution in [2.45, 2.75) is 31.7 Å². The van der Waals surface area contributed by atoms with Crippen LogP contribution in [0.15, 0.2) is 108 Å². The molecule has 0 radical (unpaired) electrons. The Morgan fingerprint density at radius 3 is 2.37 bits per heavy atom. The van der Waals surface area contributed by atoms with Gasteiger partial charge in [0.15, 0.2) is 0 Å². The van der Waals surface area contributed by atoms with Gasteiger partial charge in [-0.1, -0.05) is 84.9 Å². The number of carbonyl (C=O) groups excluding carboxylic acids is 2. The molecule has 2 N–H and O–H groups in total. The molecule has 2 fully saturated rings. The summed E-state index contributed by atoms with van der Waals surface area (Å²) in [5.41, 5.74) is 5.10. The Balaban J connectivity index is 1.26. The molecule has 1 aliphatic carbocycles. The average Bonchev–Trinajstić information content (AvgIpc) is 3.30. The summed E-state index contributed by atoms with van der Waals surface area (Å²) in [7, 11) is 0.507. The van der Waals surface area contributed by atoms with E-state index in [1.807, 2.05) is 78.9 Å². The van der Waals surface area contributed by atoms with Crippen LogP contribution in [-0.2, 0) is 14.2 Å². The number of phenolic OH excluding ortho intramolecular Hbond substituents is 1. The maximum atomic E-state index is 13.4. The third-order valence-corrected chi connectivity index (χ3v) is 9.77. The fourth-order valence-electron chi connectivity index (χ4n) is 7.60. The monoisotopic (exact) mass is 613 g/mol. The van der Waals surface area contributed by atoms with E-state index in [1.54, 1.807) is 13.1 Å². The number of phenols is 1. The molecule has 2 saturated heterocycles. The number of amides is 2. The normalized spacial score (nSPS) is 23.1. The van der Waals surface area contributed by atoms with Crippen molar-refractivity contribution in [2.24, 2.45) is 17.8 Å². The second-order valence-electron chi connectivity index (χ2n) is 12.4. The molecule has 2 heterocycles. The largest absolute Gasteiger partial charge is 0.507 e. The lowest BCUT2D eigenvalue weighted by molar-refractivity contribution is -0.138. The van der Waals surface area contributed by atoms with E-state index in [4.69, 9.17) is 9.39 Å². The van der Waals surface area contributed by atoms with Gasteiger partial charge in [0.05, 0.1) is 17.9 Å². The lowest BCUT2D eigenvalue weighted by atomic mass is 9.58. The van der Waals surface area contributed by atoms with Crippen LogP contribution in [0.4, 0.5) is 0 Å². The number of likely N-dealkylation sites (tertiary alicyclic amines) is 1. The van der Waals surface area contributed by atoms with E-state index in [1.165, 1.54) is 4.90 Å². The lowest BCUT2D eigenvalue weighted by Crippen LogP contribution is -2.46. The van der Waals surface area contributed by atoms with Crippen LogP contribution in [0, 0.1) is 17.8 Å². The molecule has 4 aromatic rings. The van der Waals surface area contributed by atoms with Gasteiger partial charge in [-0.25, -0.2) is 0 Å². The summed E-state index contributed by atoms with van der Waals surface area (Å²) in [4.78, 5) is 27.8. The van der Waals surface area contributed by atoms with Gasteiger partial charge in [0, 0.05) is 12.4 Å². The van der Waals surface area contributed by atoms with Gasteiger partial charge < -0.3 is 19.5 Å². The standard InChI is InChI=1S/C38H36BNO6/c1-40-37(42)31-21-27(23-45-28-12-6-3-7-13-28)35-32(36(31)38(40)43)22-39(44)46-34(35)19-17-25(24-10-4-2-5-11-24)20-26-16-18-33(41)30-15-9-8-14-29(26)30/h2-16,18,20,31-32,34,36,41,44H,17,19,21-23H2,1H3/b25-20-/t31-,32+,34-,36-/m1/s1. The molecule has 7 nitrogen and oxygen atoms in total. The number of para-hydroxylation sites is 1. The number of imide groups is 1. The molecule has 232 valence electrons. The Labute approximate surface area is 268 Å². The molecule has 7 rings (SSSR count). The zero-order chi connectivity index (χ0) is 31.8. The number of carbonyl (C=O) groups is 2. The van der Waals surface area contributed by atoms with Crippen molar-refractivity contribution < 1.29 is 29.1 Å². The van der Waals surface area contributed by atoms with Gasteiger partial charge in [-0.05, 0) is 82.9 Å². The van der Waals surface area contributed by atoms with E-state index < -0.39 is 25.1 Å². The van der Waals surface area contributed by atoms with E-state index in [9.17, 15) is 19.7 Å². The second-order valence-corrected chi connectivity index (χ2v) is 12.4. The zero-order valence-electron chi connectivity index (χ0n) is 25.7. The summed E-state index contributed by atoms with van der Waals surface area (Å²) in [6.07, 6.45) is 3.57. The summed E-state index contributed by atoms with van der Waals surface area (Å²) in [5.74, 6) is -0.673. The molecule has 0 saturated carbocycles. The first-order chi connectivity index (χ1) is 22.4. The highest BCUT2D eigenvalue weighted by molar-refractivity contribution is 6.43. The van der Waals surface area contributed by atoms with Gasteiger partial charge in [-0.3, -0.25) is 14.5 Å². The van der Waals surface area contributed by atoms with E-state index >= 15 is 0 Å². The van der Waals surface area contributed by atoms with Crippen molar-refractivity contribution in [3.63, 3.8) is 0 Å². The van der Waals surface area contributed by atoms with E-state index in [2.05, 4.69) is 18.2 Å². The van der Waals surface area contributed by atoms with Crippen molar-refractivity contribution in [1.82, 2.24) is 4.90 Å². The van der Waals surface area contributed by atoms with E-state index in [-0.39, 0.29) is 36.4 Å².